The molecule has 0 spiro atoms. The van der Waals surface area contributed by atoms with Crippen molar-refractivity contribution in [1.82, 2.24) is 14.7 Å². The van der Waals surface area contributed by atoms with Crippen molar-refractivity contribution in [3.8, 4) is 5.75 Å². The van der Waals surface area contributed by atoms with Gasteiger partial charge in [-0.1, -0.05) is 23.7 Å². The van der Waals surface area contributed by atoms with Crippen LogP contribution >= 0.6 is 11.6 Å². The van der Waals surface area contributed by atoms with Crippen LogP contribution in [0.15, 0.2) is 48.8 Å². The molecule has 146 valence electrons. The van der Waals surface area contributed by atoms with Gasteiger partial charge in [0.1, 0.15) is 24.3 Å². The summed E-state index contributed by atoms with van der Waals surface area (Å²) in [5, 5.41) is 15.2. The predicted octanol–water partition coefficient (Wildman–Crippen LogP) is 3.69. The second-order valence-electron chi connectivity index (χ2n) is 6.99. The lowest BCUT2D eigenvalue weighted by Gasteiger charge is -2.19. The fraction of sp³-hybridized carbons (Fsp3) is 0.286. The number of fused-ring (bicyclic) bond motifs is 1. The largest absolute Gasteiger partial charge is 0.492 e. The lowest BCUT2D eigenvalue weighted by Crippen LogP contribution is -2.25. The molecule has 7 heteroatoms. The highest BCUT2D eigenvalue weighted by atomic mass is 35.5. The third-order valence-electron chi connectivity index (χ3n) is 4.90. The predicted molar refractivity (Wildman–Crippen MR) is 105 cm³/mol. The second kappa shape index (κ2) is 7.91. The van der Waals surface area contributed by atoms with Crippen molar-refractivity contribution in [2.75, 3.05) is 13.2 Å². The van der Waals surface area contributed by atoms with Crippen molar-refractivity contribution in [2.24, 2.45) is 7.05 Å². The number of rotatable bonds is 4. The van der Waals surface area contributed by atoms with Gasteiger partial charge in [-0.3, -0.25) is 9.58 Å². The SMILES string of the molecule is Cn1cc(CN2CCOc3ccc(C(O)c4c(F)cccc4Cl)cc3C2)cn1. The van der Waals surface area contributed by atoms with Crippen molar-refractivity contribution in [1.29, 1.82) is 0 Å². The molecule has 4 rings (SSSR count). The molecule has 0 radical (unpaired) electrons. The number of aliphatic hydroxyl groups excluding tert-OH is 1. The number of hydrogen-bond donors (Lipinski definition) is 1. The van der Waals surface area contributed by atoms with E-state index in [2.05, 4.69) is 10.00 Å². The van der Waals surface area contributed by atoms with Crippen LogP contribution in [0.1, 0.15) is 28.4 Å². The van der Waals surface area contributed by atoms with E-state index in [9.17, 15) is 9.50 Å². The molecule has 0 aliphatic carbocycles. The summed E-state index contributed by atoms with van der Waals surface area (Å²) in [6, 6.07) is 9.84. The molecule has 1 unspecified atom stereocenters. The van der Waals surface area contributed by atoms with E-state index in [-0.39, 0.29) is 10.6 Å². The topological polar surface area (TPSA) is 50.5 Å². The van der Waals surface area contributed by atoms with Crippen LogP contribution in [0, 0.1) is 5.82 Å². The van der Waals surface area contributed by atoms with Crippen molar-refractivity contribution in [3.05, 3.63) is 81.9 Å². The maximum Gasteiger partial charge on any atom is 0.130 e. The van der Waals surface area contributed by atoms with E-state index in [0.29, 0.717) is 18.7 Å². The number of nitrogens with zero attached hydrogens (tertiary/aromatic N) is 3. The van der Waals surface area contributed by atoms with Gasteiger partial charge in [0.2, 0.25) is 0 Å². The summed E-state index contributed by atoms with van der Waals surface area (Å²) in [6.45, 7) is 2.77. The molecule has 1 aliphatic rings. The first-order chi connectivity index (χ1) is 13.5. The first-order valence-corrected chi connectivity index (χ1v) is 9.46. The Balaban J connectivity index is 1.60. The van der Waals surface area contributed by atoms with Crippen LogP contribution in [-0.4, -0.2) is 32.9 Å². The maximum absolute atomic E-state index is 14.2. The fourth-order valence-corrected chi connectivity index (χ4v) is 3.79. The molecule has 0 saturated carbocycles. The number of aryl methyl sites for hydroxylation is 1. The Bertz CT molecular complexity index is 971. The van der Waals surface area contributed by atoms with E-state index in [4.69, 9.17) is 16.3 Å². The Morgan fingerprint density at radius 1 is 1.32 bits per heavy atom. The molecule has 5 nitrogen and oxygen atoms in total. The van der Waals surface area contributed by atoms with Crippen molar-refractivity contribution < 1.29 is 14.2 Å². The van der Waals surface area contributed by atoms with Gasteiger partial charge in [-0.15, -0.1) is 0 Å². The summed E-state index contributed by atoms with van der Waals surface area (Å²) in [4.78, 5) is 2.26. The van der Waals surface area contributed by atoms with Crippen LogP contribution in [0.25, 0.3) is 0 Å². The van der Waals surface area contributed by atoms with E-state index in [1.165, 1.54) is 12.1 Å². The number of aliphatic hydroxyl groups is 1. The zero-order valence-electron chi connectivity index (χ0n) is 15.5. The molecule has 1 aromatic heterocycles. The molecule has 0 bridgehead atoms. The molecule has 2 aromatic carbocycles. The Hall–Kier alpha value is -2.41. The van der Waals surface area contributed by atoms with Gasteiger partial charge >= 0.3 is 0 Å². The van der Waals surface area contributed by atoms with Gasteiger partial charge in [0.25, 0.3) is 0 Å². The summed E-state index contributed by atoms with van der Waals surface area (Å²) >= 11 is 6.12. The second-order valence-corrected chi connectivity index (χ2v) is 7.39. The van der Waals surface area contributed by atoms with E-state index in [1.807, 2.05) is 31.6 Å². The Morgan fingerprint density at radius 3 is 2.93 bits per heavy atom. The van der Waals surface area contributed by atoms with Crippen LogP contribution in [0.5, 0.6) is 5.75 Å². The minimum absolute atomic E-state index is 0.0888. The summed E-state index contributed by atoms with van der Waals surface area (Å²) in [5.41, 5.74) is 2.74. The molecular weight excluding hydrogens is 381 g/mol. The van der Waals surface area contributed by atoms with E-state index < -0.39 is 11.9 Å². The number of ether oxygens (including phenoxy) is 1. The molecule has 0 saturated heterocycles. The third kappa shape index (κ3) is 3.90. The van der Waals surface area contributed by atoms with Gasteiger partial charge < -0.3 is 9.84 Å². The molecule has 3 aromatic rings. The zero-order chi connectivity index (χ0) is 19.7. The number of halogens is 2. The van der Waals surface area contributed by atoms with Gasteiger partial charge in [-0.25, -0.2) is 4.39 Å². The average molecular weight is 402 g/mol. The maximum atomic E-state index is 14.2. The van der Waals surface area contributed by atoms with Gasteiger partial charge in [0.05, 0.1) is 6.20 Å². The minimum Gasteiger partial charge on any atom is -0.492 e. The summed E-state index contributed by atoms with van der Waals surface area (Å²) in [6.07, 6.45) is 2.70. The molecule has 1 atom stereocenters. The Kier molecular flexibility index (Phi) is 5.35. The molecule has 2 heterocycles. The van der Waals surface area contributed by atoms with Crippen molar-refractivity contribution in [2.45, 2.75) is 19.2 Å². The van der Waals surface area contributed by atoms with Gasteiger partial charge in [0, 0.05) is 54.6 Å². The lowest BCUT2D eigenvalue weighted by atomic mass is 9.98. The van der Waals surface area contributed by atoms with Gasteiger partial charge in [0.15, 0.2) is 0 Å². The van der Waals surface area contributed by atoms with Crippen LogP contribution in [-0.2, 0) is 20.1 Å². The summed E-state index contributed by atoms with van der Waals surface area (Å²) in [5.74, 6) is 0.258. The van der Waals surface area contributed by atoms with E-state index >= 15 is 0 Å². The molecule has 1 aliphatic heterocycles. The van der Waals surface area contributed by atoms with E-state index in [0.717, 1.165) is 30.0 Å². The molecule has 0 fully saturated rings. The monoisotopic (exact) mass is 401 g/mol. The van der Waals surface area contributed by atoms with Crippen LogP contribution in [0.3, 0.4) is 0 Å². The average Bonchev–Trinajstić information content (AvgIpc) is 2.96. The van der Waals surface area contributed by atoms with Crippen LogP contribution in [0.2, 0.25) is 5.02 Å². The minimum atomic E-state index is -1.14. The third-order valence-corrected chi connectivity index (χ3v) is 5.23. The highest BCUT2D eigenvalue weighted by Gasteiger charge is 2.22. The quantitative estimate of drug-likeness (QED) is 0.724. The number of hydrogen-bond acceptors (Lipinski definition) is 4. The molecule has 0 amide bonds. The summed E-state index contributed by atoms with van der Waals surface area (Å²) in [7, 11) is 1.89. The number of benzene rings is 2. The smallest absolute Gasteiger partial charge is 0.130 e. The summed E-state index contributed by atoms with van der Waals surface area (Å²) < 4.78 is 21.9. The van der Waals surface area contributed by atoms with Crippen LogP contribution in [0.4, 0.5) is 4.39 Å². The first kappa shape index (κ1) is 18.9. The standard InChI is InChI=1S/C21H21ClFN3O2/c1-25-11-14(10-24-25)12-26-7-8-28-19-6-5-15(9-16(19)13-26)21(27)20-17(22)3-2-4-18(20)23/h2-6,9-11,21,27H,7-8,12-13H2,1H3. The lowest BCUT2D eigenvalue weighted by molar-refractivity contribution is 0.214. The number of aromatic nitrogens is 2. The van der Waals surface area contributed by atoms with Gasteiger partial charge in [-0.05, 0) is 29.8 Å². The van der Waals surface area contributed by atoms with Crippen LogP contribution < -0.4 is 4.74 Å². The van der Waals surface area contributed by atoms with Crippen molar-refractivity contribution in [3.63, 3.8) is 0 Å². The normalized spacial score (nSPS) is 15.6. The molecule has 28 heavy (non-hydrogen) atoms. The highest BCUT2D eigenvalue weighted by molar-refractivity contribution is 6.31. The molecule has 1 N–H and O–H groups in total. The Morgan fingerprint density at radius 2 is 2.18 bits per heavy atom. The van der Waals surface area contributed by atoms with Crippen molar-refractivity contribution >= 4 is 11.6 Å². The zero-order valence-corrected chi connectivity index (χ0v) is 16.2. The Labute approximate surface area is 167 Å². The fourth-order valence-electron chi connectivity index (χ4n) is 3.52. The first-order valence-electron chi connectivity index (χ1n) is 9.09. The highest BCUT2D eigenvalue weighted by Crippen LogP contribution is 2.33. The van der Waals surface area contributed by atoms with Gasteiger partial charge in [-0.2, -0.15) is 5.10 Å². The molecular formula is C21H21ClFN3O2. The van der Waals surface area contributed by atoms with E-state index in [1.54, 1.807) is 16.8 Å².